The van der Waals surface area contributed by atoms with Gasteiger partial charge in [0.1, 0.15) is 11.9 Å². The van der Waals surface area contributed by atoms with Crippen LogP contribution >= 0.6 is 0 Å². The van der Waals surface area contributed by atoms with Crippen molar-refractivity contribution in [2.75, 3.05) is 0 Å². The maximum atomic E-state index is 13.2. The zero-order valence-electron chi connectivity index (χ0n) is 12.4. The third kappa shape index (κ3) is 2.30. The van der Waals surface area contributed by atoms with Crippen LogP contribution in [0.5, 0.6) is 0 Å². The predicted molar refractivity (Wildman–Crippen MR) is 89.1 cm³/mol. The molecule has 1 aliphatic carbocycles. The van der Waals surface area contributed by atoms with Gasteiger partial charge < -0.3 is 4.74 Å². The summed E-state index contributed by atoms with van der Waals surface area (Å²) in [5.41, 5.74) is 0.810. The van der Waals surface area contributed by atoms with E-state index in [1.807, 2.05) is 48.6 Å². The van der Waals surface area contributed by atoms with Crippen LogP contribution < -0.4 is 0 Å². The van der Waals surface area contributed by atoms with Crippen LogP contribution in [-0.4, -0.2) is 14.5 Å². The Morgan fingerprint density at radius 2 is 1.57 bits per heavy atom. The Hall–Kier alpha value is -2.33. The van der Waals surface area contributed by atoms with E-state index >= 15 is 0 Å². The van der Waals surface area contributed by atoms with Gasteiger partial charge in [-0.1, -0.05) is 54.6 Å². The second-order valence-electron chi connectivity index (χ2n) is 5.73. The number of rotatable bonds is 3. The van der Waals surface area contributed by atoms with Gasteiger partial charge in [-0.05, 0) is 24.6 Å². The van der Waals surface area contributed by atoms with E-state index in [-0.39, 0.29) is 12.0 Å². The molecule has 0 amide bonds. The molecule has 0 saturated heterocycles. The molecule has 0 N–H and O–H groups in total. The van der Waals surface area contributed by atoms with E-state index in [1.54, 1.807) is 24.3 Å². The van der Waals surface area contributed by atoms with Crippen molar-refractivity contribution in [3.05, 3.63) is 83.3 Å². The van der Waals surface area contributed by atoms with Crippen LogP contribution in [0.15, 0.2) is 82.6 Å². The average molecular weight is 324 g/mol. The number of ether oxygens (including phenoxy) is 1. The minimum Gasteiger partial charge on any atom is -0.484 e. The molecule has 1 heterocycles. The summed E-state index contributed by atoms with van der Waals surface area (Å²) in [4.78, 5) is 0.726. The van der Waals surface area contributed by atoms with Crippen LogP contribution in [0.4, 0.5) is 0 Å². The van der Waals surface area contributed by atoms with Gasteiger partial charge in [0.05, 0.1) is 9.80 Å². The van der Waals surface area contributed by atoms with Crippen LogP contribution in [0.2, 0.25) is 0 Å². The van der Waals surface area contributed by atoms with Gasteiger partial charge in [-0.2, -0.15) is 0 Å². The van der Waals surface area contributed by atoms with Gasteiger partial charge in [0.15, 0.2) is 0 Å². The molecular weight excluding hydrogens is 308 g/mol. The number of allylic oxidation sites excluding steroid dienone is 1. The fourth-order valence-electron chi connectivity index (χ4n) is 3.22. The second-order valence-corrected chi connectivity index (χ2v) is 7.65. The van der Waals surface area contributed by atoms with Gasteiger partial charge in [0.25, 0.3) is 0 Å². The number of sulfone groups is 1. The van der Waals surface area contributed by atoms with Crippen LogP contribution in [0.3, 0.4) is 0 Å². The first kappa shape index (κ1) is 14.3. The summed E-state index contributed by atoms with van der Waals surface area (Å²) in [5.74, 6) is 0.365. The monoisotopic (exact) mass is 324 g/mol. The number of hydrogen-bond acceptors (Lipinski definition) is 3. The molecule has 0 bridgehead atoms. The summed E-state index contributed by atoms with van der Waals surface area (Å²) >= 11 is 0. The number of fused-ring (bicyclic) bond motifs is 1. The van der Waals surface area contributed by atoms with Gasteiger partial charge in [0, 0.05) is 11.5 Å². The first-order chi connectivity index (χ1) is 11.2. The molecule has 2 aromatic rings. The minimum atomic E-state index is -3.58. The van der Waals surface area contributed by atoms with Crippen LogP contribution in [0.1, 0.15) is 12.0 Å². The topological polar surface area (TPSA) is 43.4 Å². The standard InChI is InChI=1S/C19H16O3S/c20-23(21,15-10-5-2-6-11-15)19-16-12-7-13-17(16)22-18(19)14-8-3-1-4-9-14/h1-11,13,16-17H,12H2/t16-,17-/m0/s1. The Morgan fingerprint density at radius 3 is 2.26 bits per heavy atom. The summed E-state index contributed by atoms with van der Waals surface area (Å²) in [6, 6.07) is 18.1. The zero-order valence-corrected chi connectivity index (χ0v) is 13.2. The lowest BCUT2D eigenvalue weighted by Gasteiger charge is -2.12. The Kier molecular flexibility index (Phi) is 3.34. The first-order valence-electron chi connectivity index (χ1n) is 7.61. The molecule has 0 radical (unpaired) electrons. The maximum absolute atomic E-state index is 13.2. The van der Waals surface area contributed by atoms with E-state index in [2.05, 4.69) is 0 Å². The van der Waals surface area contributed by atoms with E-state index in [0.717, 1.165) is 5.56 Å². The van der Waals surface area contributed by atoms with Crippen molar-refractivity contribution >= 4 is 15.6 Å². The molecule has 0 saturated carbocycles. The fraction of sp³-hybridized carbons (Fsp3) is 0.158. The van der Waals surface area contributed by atoms with E-state index < -0.39 is 9.84 Å². The van der Waals surface area contributed by atoms with E-state index in [4.69, 9.17) is 4.74 Å². The summed E-state index contributed by atoms with van der Waals surface area (Å²) in [7, 11) is -3.58. The van der Waals surface area contributed by atoms with Crippen molar-refractivity contribution in [3.63, 3.8) is 0 Å². The van der Waals surface area contributed by atoms with Crippen LogP contribution in [0, 0.1) is 5.92 Å². The third-order valence-electron chi connectivity index (χ3n) is 4.31. The molecule has 0 fully saturated rings. The lowest BCUT2D eigenvalue weighted by atomic mass is 10.0. The predicted octanol–water partition coefficient (Wildman–Crippen LogP) is 3.80. The molecule has 0 spiro atoms. The van der Waals surface area contributed by atoms with Crippen molar-refractivity contribution in [3.8, 4) is 0 Å². The van der Waals surface area contributed by atoms with E-state index in [9.17, 15) is 8.42 Å². The molecular formula is C19H16O3S. The average Bonchev–Trinajstić information content (AvgIpc) is 3.17. The molecule has 4 heteroatoms. The lowest BCUT2D eigenvalue weighted by molar-refractivity contribution is 0.207. The minimum absolute atomic E-state index is 0.129. The maximum Gasteiger partial charge on any atom is 0.206 e. The van der Waals surface area contributed by atoms with Gasteiger partial charge in [0.2, 0.25) is 9.84 Å². The van der Waals surface area contributed by atoms with Crippen molar-refractivity contribution in [1.29, 1.82) is 0 Å². The van der Waals surface area contributed by atoms with Crippen LogP contribution in [0.25, 0.3) is 5.76 Å². The highest BCUT2D eigenvalue weighted by molar-refractivity contribution is 7.95. The molecule has 3 nitrogen and oxygen atoms in total. The highest BCUT2D eigenvalue weighted by atomic mass is 32.2. The number of benzene rings is 2. The fourth-order valence-corrected chi connectivity index (χ4v) is 5.02. The SMILES string of the molecule is O=S(=O)(C1=C(c2ccccc2)O[C@H]2C=CC[C@H]12)c1ccccc1. The molecule has 2 aliphatic rings. The van der Waals surface area contributed by atoms with E-state index in [1.165, 1.54) is 0 Å². The van der Waals surface area contributed by atoms with Gasteiger partial charge in [-0.25, -0.2) is 8.42 Å². The van der Waals surface area contributed by atoms with Crippen molar-refractivity contribution in [2.45, 2.75) is 17.4 Å². The molecule has 2 atom stereocenters. The molecule has 23 heavy (non-hydrogen) atoms. The van der Waals surface area contributed by atoms with Gasteiger partial charge in [-0.3, -0.25) is 0 Å². The second kappa shape index (κ2) is 5.39. The largest absolute Gasteiger partial charge is 0.484 e. The molecule has 1 aliphatic heterocycles. The molecule has 116 valence electrons. The molecule has 0 aromatic heterocycles. The summed E-state index contributed by atoms with van der Waals surface area (Å²) in [6.07, 6.45) is 4.47. The van der Waals surface area contributed by atoms with Gasteiger partial charge >= 0.3 is 0 Å². The highest BCUT2D eigenvalue weighted by Crippen LogP contribution is 2.46. The van der Waals surface area contributed by atoms with Crippen molar-refractivity contribution < 1.29 is 13.2 Å². The van der Waals surface area contributed by atoms with Gasteiger partial charge in [-0.15, -0.1) is 0 Å². The van der Waals surface area contributed by atoms with Crippen molar-refractivity contribution in [2.24, 2.45) is 5.92 Å². The molecule has 2 aromatic carbocycles. The van der Waals surface area contributed by atoms with Crippen molar-refractivity contribution in [1.82, 2.24) is 0 Å². The Labute approximate surface area is 135 Å². The normalized spacial score (nSPS) is 23.0. The summed E-state index contributed by atoms with van der Waals surface area (Å²) in [5, 5.41) is 0. The first-order valence-corrected chi connectivity index (χ1v) is 9.09. The summed E-state index contributed by atoms with van der Waals surface area (Å²) < 4.78 is 32.4. The molecule has 0 unspecified atom stereocenters. The quantitative estimate of drug-likeness (QED) is 0.807. The lowest BCUT2D eigenvalue weighted by Crippen LogP contribution is -2.16. The third-order valence-corrected chi connectivity index (χ3v) is 6.27. The highest BCUT2D eigenvalue weighted by Gasteiger charge is 2.44. The van der Waals surface area contributed by atoms with Crippen LogP contribution in [-0.2, 0) is 14.6 Å². The number of hydrogen-bond donors (Lipinski definition) is 0. The van der Waals surface area contributed by atoms with E-state index in [0.29, 0.717) is 22.0 Å². The Morgan fingerprint density at radius 1 is 0.913 bits per heavy atom. The Balaban J connectivity index is 1.91. The molecule has 4 rings (SSSR count). The smallest absolute Gasteiger partial charge is 0.206 e. The Bertz CT molecular complexity index is 881. The zero-order chi connectivity index (χ0) is 15.9. The summed E-state index contributed by atoms with van der Waals surface area (Å²) in [6.45, 7) is 0.